The minimum atomic E-state index is -4.39. The zero-order chi connectivity index (χ0) is 13.6. The van der Waals surface area contributed by atoms with Gasteiger partial charge in [0, 0.05) is 13.1 Å². The van der Waals surface area contributed by atoms with Crippen molar-refractivity contribution in [3.63, 3.8) is 0 Å². The van der Waals surface area contributed by atoms with Crippen LogP contribution in [0.1, 0.15) is 19.8 Å². The summed E-state index contributed by atoms with van der Waals surface area (Å²) in [4.78, 5) is 11.3. The SMILES string of the molecule is CC1(CNC(=O)COCC(F)(F)F)CCCNC1.Cl. The molecule has 1 atom stereocenters. The van der Waals surface area contributed by atoms with Crippen molar-refractivity contribution >= 4 is 18.3 Å². The molecular weight excluding hydrogens is 285 g/mol. The largest absolute Gasteiger partial charge is 0.411 e. The van der Waals surface area contributed by atoms with Gasteiger partial charge in [-0.15, -0.1) is 12.4 Å². The number of rotatable bonds is 5. The van der Waals surface area contributed by atoms with E-state index in [1.807, 2.05) is 6.92 Å². The van der Waals surface area contributed by atoms with Crippen LogP contribution in [0, 0.1) is 5.41 Å². The summed E-state index contributed by atoms with van der Waals surface area (Å²) in [7, 11) is 0. The molecule has 8 heteroatoms. The number of ether oxygens (including phenoxy) is 1. The van der Waals surface area contributed by atoms with Crippen LogP contribution in [0.2, 0.25) is 0 Å². The van der Waals surface area contributed by atoms with E-state index in [1.54, 1.807) is 0 Å². The van der Waals surface area contributed by atoms with Crippen molar-refractivity contribution in [2.75, 3.05) is 32.8 Å². The molecule has 1 amide bonds. The van der Waals surface area contributed by atoms with E-state index < -0.39 is 25.3 Å². The topological polar surface area (TPSA) is 50.4 Å². The average Bonchev–Trinajstić information content (AvgIpc) is 2.26. The number of carbonyl (C=O) groups is 1. The number of amides is 1. The Balaban J connectivity index is 0.00000324. The van der Waals surface area contributed by atoms with Gasteiger partial charge in [-0.2, -0.15) is 13.2 Å². The Hall–Kier alpha value is -0.530. The molecule has 0 aromatic heterocycles. The quantitative estimate of drug-likeness (QED) is 0.809. The van der Waals surface area contributed by atoms with Crippen LogP contribution >= 0.6 is 12.4 Å². The molecule has 1 rings (SSSR count). The molecule has 0 bridgehead atoms. The van der Waals surface area contributed by atoms with Gasteiger partial charge >= 0.3 is 6.18 Å². The van der Waals surface area contributed by atoms with Gasteiger partial charge < -0.3 is 15.4 Å². The summed E-state index contributed by atoms with van der Waals surface area (Å²) in [5.41, 5.74) is -0.0298. The molecule has 1 fully saturated rings. The number of piperidine rings is 1. The van der Waals surface area contributed by atoms with Gasteiger partial charge in [0.05, 0.1) is 0 Å². The van der Waals surface area contributed by atoms with Gasteiger partial charge in [0.25, 0.3) is 0 Å². The Morgan fingerprint density at radius 2 is 2.16 bits per heavy atom. The van der Waals surface area contributed by atoms with Crippen molar-refractivity contribution in [3.8, 4) is 0 Å². The fraction of sp³-hybridized carbons (Fsp3) is 0.909. The average molecular weight is 305 g/mol. The van der Waals surface area contributed by atoms with Gasteiger partial charge in [-0.1, -0.05) is 6.92 Å². The number of hydrogen-bond donors (Lipinski definition) is 2. The predicted octanol–water partition coefficient (Wildman–Crippen LogP) is 1.49. The zero-order valence-electron chi connectivity index (χ0n) is 10.8. The Labute approximate surface area is 116 Å². The number of alkyl halides is 3. The minimum absolute atomic E-state index is 0. The third-order valence-corrected chi connectivity index (χ3v) is 2.90. The normalized spacial score (nSPS) is 23.6. The second-order valence-electron chi connectivity index (χ2n) is 4.98. The molecule has 0 spiro atoms. The molecule has 1 aliphatic heterocycles. The summed E-state index contributed by atoms with van der Waals surface area (Å²) in [6.45, 7) is 2.32. The summed E-state index contributed by atoms with van der Waals surface area (Å²) in [6, 6.07) is 0. The molecule has 0 aromatic rings. The lowest BCUT2D eigenvalue weighted by Gasteiger charge is -2.34. The van der Waals surface area contributed by atoms with Crippen LogP contribution < -0.4 is 10.6 Å². The Bertz CT molecular complexity index is 282. The Morgan fingerprint density at radius 3 is 2.68 bits per heavy atom. The zero-order valence-corrected chi connectivity index (χ0v) is 11.6. The van der Waals surface area contributed by atoms with Crippen molar-refractivity contribution in [2.24, 2.45) is 5.41 Å². The van der Waals surface area contributed by atoms with Crippen molar-refractivity contribution in [3.05, 3.63) is 0 Å². The van der Waals surface area contributed by atoms with Crippen LogP contribution in [0.4, 0.5) is 13.2 Å². The molecule has 4 nitrogen and oxygen atoms in total. The van der Waals surface area contributed by atoms with E-state index in [9.17, 15) is 18.0 Å². The fourth-order valence-corrected chi connectivity index (χ4v) is 1.89. The maximum absolute atomic E-state index is 11.8. The molecule has 1 unspecified atom stereocenters. The van der Waals surface area contributed by atoms with Crippen LogP contribution in [0.25, 0.3) is 0 Å². The van der Waals surface area contributed by atoms with E-state index in [4.69, 9.17) is 0 Å². The summed E-state index contributed by atoms with van der Waals surface area (Å²) >= 11 is 0. The monoisotopic (exact) mass is 304 g/mol. The van der Waals surface area contributed by atoms with E-state index >= 15 is 0 Å². The lowest BCUT2D eigenvalue weighted by atomic mass is 9.83. The molecule has 2 N–H and O–H groups in total. The lowest BCUT2D eigenvalue weighted by molar-refractivity contribution is -0.175. The summed E-state index contributed by atoms with van der Waals surface area (Å²) < 4.78 is 39.6. The highest BCUT2D eigenvalue weighted by molar-refractivity contribution is 5.85. The van der Waals surface area contributed by atoms with Gasteiger partial charge in [-0.3, -0.25) is 4.79 Å². The van der Waals surface area contributed by atoms with Crippen LogP contribution in [-0.4, -0.2) is 44.9 Å². The first-order valence-electron chi connectivity index (χ1n) is 5.93. The van der Waals surface area contributed by atoms with Crippen LogP contribution in [0.15, 0.2) is 0 Å². The third kappa shape index (κ3) is 8.28. The number of halogens is 4. The molecule has 0 aliphatic carbocycles. The van der Waals surface area contributed by atoms with Gasteiger partial charge in [0.15, 0.2) is 0 Å². The second-order valence-corrected chi connectivity index (χ2v) is 4.98. The lowest BCUT2D eigenvalue weighted by Crippen LogP contribution is -2.46. The van der Waals surface area contributed by atoms with E-state index in [2.05, 4.69) is 15.4 Å². The van der Waals surface area contributed by atoms with E-state index in [0.717, 1.165) is 25.9 Å². The summed E-state index contributed by atoms with van der Waals surface area (Å²) in [5, 5.41) is 5.84. The predicted molar refractivity (Wildman–Crippen MR) is 67.3 cm³/mol. The summed E-state index contributed by atoms with van der Waals surface area (Å²) in [5.74, 6) is -0.508. The van der Waals surface area contributed by atoms with Crippen molar-refractivity contribution < 1.29 is 22.7 Å². The highest BCUT2D eigenvalue weighted by atomic mass is 35.5. The Kier molecular flexibility index (Phi) is 7.69. The number of carbonyl (C=O) groups excluding carboxylic acids is 1. The summed E-state index contributed by atoms with van der Waals surface area (Å²) in [6.07, 6.45) is -2.36. The number of nitrogens with one attached hydrogen (secondary N) is 2. The molecule has 114 valence electrons. The minimum Gasteiger partial charge on any atom is -0.362 e. The van der Waals surface area contributed by atoms with Gasteiger partial charge in [-0.05, 0) is 24.8 Å². The van der Waals surface area contributed by atoms with Crippen molar-refractivity contribution in [1.82, 2.24) is 10.6 Å². The molecular formula is C11H20ClF3N2O2. The second kappa shape index (κ2) is 7.91. The van der Waals surface area contributed by atoms with E-state index in [-0.39, 0.29) is 17.8 Å². The maximum atomic E-state index is 11.8. The van der Waals surface area contributed by atoms with Crippen molar-refractivity contribution in [1.29, 1.82) is 0 Å². The first-order valence-corrected chi connectivity index (χ1v) is 5.93. The van der Waals surface area contributed by atoms with Crippen LogP contribution in [-0.2, 0) is 9.53 Å². The molecule has 0 aromatic carbocycles. The first kappa shape index (κ1) is 18.5. The van der Waals surface area contributed by atoms with Gasteiger partial charge in [0.1, 0.15) is 13.2 Å². The van der Waals surface area contributed by atoms with Gasteiger partial charge in [-0.25, -0.2) is 0 Å². The van der Waals surface area contributed by atoms with E-state index in [1.165, 1.54) is 0 Å². The standard InChI is InChI=1S/C11H19F3N2O2.ClH/c1-10(3-2-4-15-6-10)7-16-9(17)5-18-8-11(12,13)14;/h15H,2-8H2,1H3,(H,16,17);1H. The smallest absolute Gasteiger partial charge is 0.362 e. The highest BCUT2D eigenvalue weighted by Crippen LogP contribution is 2.24. The molecule has 0 saturated carbocycles. The van der Waals surface area contributed by atoms with Crippen LogP contribution in [0.3, 0.4) is 0 Å². The molecule has 0 radical (unpaired) electrons. The molecule has 19 heavy (non-hydrogen) atoms. The van der Waals surface area contributed by atoms with Crippen LogP contribution in [0.5, 0.6) is 0 Å². The van der Waals surface area contributed by atoms with E-state index in [0.29, 0.717) is 6.54 Å². The molecule has 1 heterocycles. The highest BCUT2D eigenvalue weighted by Gasteiger charge is 2.29. The molecule has 1 saturated heterocycles. The maximum Gasteiger partial charge on any atom is 0.411 e. The first-order chi connectivity index (χ1) is 8.31. The molecule has 1 aliphatic rings. The van der Waals surface area contributed by atoms with Gasteiger partial charge in [0.2, 0.25) is 5.91 Å². The number of hydrogen-bond acceptors (Lipinski definition) is 3. The fourth-order valence-electron chi connectivity index (χ4n) is 1.89. The third-order valence-electron chi connectivity index (χ3n) is 2.90. The Morgan fingerprint density at radius 1 is 1.47 bits per heavy atom. The van der Waals surface area contributed by atoms with Crippen molar-refractivity contribution in [2.45, 2.75) is 25.9 Å².